The van der Waals surface area contributed by atoms with Crippen LogP contribution in [0.4, 0.5) is 26.3 Å². The van der Waals surface area contributed by atoms with Gasteiger partial charge >= 0.3 is 18.3 Å². The minimum Gasteiger partial charge on any atom is -0.493 e. The highest BCUT2D eigenvalue weighted by molar-refractivity contribution is 8.26. The number of pyridine rings is 1. The number of aromatic nitrogens is 1. The minimum atomic E-state index is -5.01. The molecule has 3 aromatic rings. The number of thioether (sulfide) groups is 1. The van der Waals surface area contributed by atoms with Crippen LogP contribution in [0.2, 0.25) is 0 Å². The zero-order chi connectivity index (χ0) is 32.2. The zero-order valence-electron chi connectivity index (χ0n) is 22.7. The minimum absolute atomic E-state index is 0.0385. The second kappa shape index (κ2) is 13.3. The summed E-state index contributed by atoms with van der Waals surface area (Å²) >= 11 is 6.30. The summed E-state index contributed by atoms with van der Waals surface area (Å²) in [5.74, 6) is -0.712. The van der Waals surface area contributed by atoms with Gasteiger partial charge in [0.2, 0.25) is 0 Å². The third kappa shape index (κ3) is 8.08. The van der Waals surface area contributed by atoms with E-state index in [1.54, 1.807) is 18.2 Å². The third-order valence-electron chi connectivity index (χ3n) is 6.17. The summed E-state index contributed by atoms with van der Waals surface area (Å²) in [6.45, 7) is 0.320. The van der Waals surface area contributed by atoms with Crippen molar-refractivity contribution in [2.24, 2.45) is 0 Å². The zero-order valence-corrected chi connectivity index (χ0v) is 24.3. The first kappa shape index (κ1) is 32.8. The van der Waals surface area contributed by atoms with E-state index in [-0.39, 0.29) is 51.8 Å². The first-order valence-electron chi connectivity index (χ1n) is 12.7. The second-order valence-electron chi connectivity index (χ2n) is 9.33. The van der Waals surface area contributed by atoms with Crippen LogP contribution in [0.15, 0.2) is 59.5 Å². The van der Waals surface area contributed by atoms with Crippen molar-refractivity contribution in [3.63, 3.8) is 0 Å². The molecule has 1 saturated heterocycles. The molecule has 7 nitrogen and oxygen atoms in total. The predicted octanol–water partition coefficient (Wildman–Crippen LogP) is 7.09. The average Bonchev–Trinajstić information content (AvgIpc) is 3.21. The number of nitrogens with zero attached hydrogens (tertiary/aromatic N) is 2. The quantitative estimate of drug-likeness (QED) is 0.107. The van der Waals surface area contributed by atoms with Gasteiger partial charge in [-0.25, -0.2) is 4.98 Å². The largest absolute Gasteiger partial charge is 0.493 e. The molecular weight excluding hydrogens is 634 g/mol. The van der Waals surface area contributed by atoms with Gasteiger partial charge in [0.1, 0.15) is 4.32 Å². The molecule has 2 heterocycles. The third-order valence-corrected chi connectivity index (χ3v) is 7.55. The monoisotopic (exact) mass is 656 g/mol. The summed E-state index contributed by atoms with van der Waals surface area (Å²) in [5.41, 5.74) is -2.82. The van der Waals surface area contributed by atoms with Crippen LogP contribution in [0, 0.1) is 0 Å². The van der Waals surface area contributed by atoms with Crippen LogP contribution in [-0.2, 0) is 28.4 Å². The van der Waals surface area contributed by atoms with Crippen LogP contribution >= 0.6 is 24.0 Å². The van der Waals surface area contributed by atoms with Gasteiger partial charge in [0, 0.05) is 12.1 Å². The van der Waals surface area contributed by atoms with Gasteiger partial charge in [0.05, 0.1) is 47.6 Å². The summed E-state index contributed by atoms with van der Waals surface area (Å²) in [5, 5.41) is 9.02. The van der Waals surface area contributed by atoms with E-state index < -0.39 is 35.4 Å². The fourth-order valence-electron chi connectivity index (χ4n) is 4.15. The number of thiocarbonyl (C=S) groups is 1. The smallest absolute Gasteiger partial charge is 0.416 e. The Morgan fingerprint density at radius 2 is 1.70 bits per heavy atom. The van der Waals surface area contributed by atoms with Gasteiger partial charge in [-0.3, -0.25) is 14.5 Å². The molecule has 2 aromatic carbocycles. The molecule has 15 heteroatoms. The molecule has 0 saturated carbocycles. The van der Waals surface area contributed by atoms with E-state index in [4.69, 9.17) is 26.8 Å². The second-order valence-corrected chi connectivity index (χ2v) is 11.0. The molecule has 0 unspecified atom stereocenters. The van der Waals surface area contributed by atoms with Crippen molar-refractivity contribution in [3.05, 3.63) is 81.9 Å². The number of aliphatic carboxylic acids is 1. The molecule has 4 rings (SSSR count). The lowest BCUT2D eigenvalue weighted by Crippen LogP contribution is -2.30. The van der Waals surface area contributed by atoms with Gasteiger partial charge in [-0.1, -0.05) is 36.1 Å². The van der Waals surface area contributed by atoms with E-state index in [1.165, 1.54) is 36.3 Å². The van der Waals surface area contributed by atoms with Gasteiger partial charge in [0.25, 0.3) is 5.91 Å². The Bertz CT molecular complexity index is 1590. The molecule has 1 fully saturated rings. The van der Waals surface area contributed by atoms with Crippen molar-refractivity contribution in [2.75, 3.05) is 20.3 Å². The van der Waals surface area contributed by atoms with E-state index in [9.17, 15) is 35.9 Å². The molecule has 1 aliphatic heterocycles. The average molecular weight is 657 g/mol. The molecule has 1 N–H and O–H groups in total. The molecule has 1 aliphatic rings. The summed E-state index contributed by atoms with van der Waals surface area (Å²) in [6.07, 6.45) is -8.52. The molecule has 232 valence electrons. The first-order valence-corrected chi connectivity index (χ1v) is 13.9. The standard InChI is InChI=1S/C29H22F6N2O5S2/c1-41-22-7-6-16(11-25(38)39)10-23(22)42-9-3-8-37-26(40)24(44-27(37)43)15-20-4-2-5-21(36-20)17-12-18(28(30,31)32)14-19(13-17)29(33,34)35/h2,4-7,10,12-15H,3,8-9,11H2,1H3,(H,38,39). The van der Waals surface area contributed by atoms with Crippen LogP contribution in [0.3, 0.4) is 0 Å². The van der Waals surface area contributed by atoms with Gasteiger partial charge in [-0.15, -0.1) is 0 Å². The molecule has 1 aromatic heterocycles. The normalized spacial score (nSPS) is 14.8. The van der Waals surface area contributed by atoms with Crippen LogP contribution in [0.5, 0.6) is 11.5 Å². The number of amides is 1. The lowest BCUT2D eigenvalue weighted by molar-refractivity contribution is -0.143. The molecule has 44 heavy (non-hydrogen) atoms. The number of ether oxygens (including phenoxy) is 2. The topological polar surface area (TPSA) is 89.0 Å². The lowest BCUT2D eigenvalue weighted by Gasteiger charge is -2.16. The number of benzene rings is 2. The fourth-order valence-corrected chi connectivity index (χ4v) is 5.44. The van der Waals surface area contributed by atoms with Crippen molar-refractivity contribution >= 4 is 46.3 Å². The Labute approximate surface area is 256 Å². The predicted molar refractivity (Wildman–Crippen MR) is 154 cm³/mol. The van der Waals surface area contributed by atoms with Crippen molar-refractivity contribution in [3.8, 4) is 22.8 Å². The Balaban J connectivity index is 1.46. The molecule has 0 atom stereocenters. The summed E-state index contributed by atoms with van der Waals surface area (Å²) < 4.78 is 91.1. The van der Waals surface area contributed by atoms with Crippen molar-refractivity contribution < 1.29 is 50.5 Å². The van der Waals surface area contributed by atoms with E-state index in [2.05, 4.69) is 4.98 Å². The number of carboxylic acid groups (broad SMARTS) is 1. The van der Waals surface area contributed by atoms with E-state index >= 15 is 0 Å². The number of hydrogen-bond donors (Lipinski definition) is 1. The Kier molecular flexibility index (Phi) is 9.88. The van der Waals surface area contributed by atoms with Crippen molar-refractivity contribution in [1.82, 2.24) is 9.88 Å². The van der Waals surface area contributed by atoms with Gasteiger partial charge in [0.15, 0.2) is 11.5 Å². The summed E-state index contributed by atoms with van der Waals surface area (Å²) in [7, 11) is 1.44. The maximum atomic E-state index is 13.3. The highest BCUT2D eigenvalue weighted by atomic mass is 32.2. The van der Waals surface area contributed by atoms with Crippen molar-refractivity contribution in [1.29, 1.82) is 0 Å². The van der Waals surface area contributed by atoms with Crippen molar-refractivity contribution in [2.45, 2.75) is 25.2 Å². The number of rotatable bonds is 10. The van der Waals surface area contributed by atoms with Crippen LogP contribution in [0.25, 0.3) is 17.3 Å². The van der Waals surface area contributed by atoms with Crippen LogP contribution in [0.1, 0.15) is 28.8 Å². The number of carbonyl (C=O) groups excluding carboxylic acids is 1. The lowest BCUT2D eigenvalue weighted by atomic mass is 10.0. The Morgan fingerprint density at radius 3 is 2.32 bits per heavy atom. The maximum Gasteiger partial charge on any atom is 0.416 e. The van der Waals surface area contributed by atoms with E-state index in [0.29, 0.717) is 35.6 Å². The molecular formula is C29H22F6N2O5S2. The fraction of sp³-hybridized carbons (Fsp3) is 0.241. The van der Waals surface area contributed by atoms with Gasteiger partial charge in [-0.2, -0.15) is 26.3 Å². The molecule has 0 bridgehead atoms. The van der Waals surface area contributed by atoms with E-state index in [0.717, 1.165) is 11.8 Å². The highest BCUT2D eigenvalue weighted by Crippen LogP contribution is 2.39. The number of hydrogen-bond acceptors (Lipinski definition) is 7. The van der Waals surface area contributed by atoms with Crippen LogP contribution in [-0.4, -0.2) is 51.4 Å². The number of methoxy groups -OCH3 is 1. The molecule has 0 spiro atoms. The SMILES string of the molecule is COc1ccc(CC(=O)O)cc1OCCCN1C(=O)C(=Cc2cccc(-c3cc(C(F)(F)F)cc(C(F)(F)F)c3)n2)SC1=S. The number of carboxylic acids is 1. The number of carbonyl (C=O) groups is 2. The molecule has 1 amide bonds. The first-order chi connectivity index (χ1) is 20.7. The molecule has 0 aliphatic carbocycles. The Morgan fingerprint density at radius 1 is 1.02 bits per heavy atom. The van der Waals surface area contributed by atoms with E-state index in [1.807, 2.05) is 0 Å². The summed E-state index contributed by atoms with van der Waals surface area (Å²) in [4.78, 5) is 29.7. The highest BCUT2D eigenvalue weighted by Gasteiger charge is 2.37. The Hall–Kier alpha value is -4.11. The number of halogens is 6. The maximum absolute atomic E-state index is 13.3. The van der Waals surface area contributed by atoms with Crippen LogP contribution < -0.4 is 9.47 Å². The molecule has 0 radical (unpaired) electrons. The number of alkyl halides is 6. The van der Waals surface area contributed by atoms with Gasteiger partial charge < -0.3 is 14.6 Å². The van der Waals surface area contributed by atoms with Gasteiger partial charge in [-0.05, 0) is 60.5 Å². The summed E-state index contributed by atoms with van der Waals surface area (Å²) in [6, 6.07) is 10.1.